The minimum absolute atomic E-state index is 0.0883. The summed E-state index contributed by atoms with van der Waals surface area (Å²) in [6.45, 7) is 5.16. The van der Waals surface area contributed by atoms with Crippen LogP contribution in [0.3, 0.4) is 0 Å². The van der Waals surface area contributed by atoms with Crippen LogP contribution in [0, 0.1) is 0 Å². The molecule has 1 aromatic rings. The average molecular weight is 277 g/mol. The Balaban J connectivity index is 2.07. The van der Waals surface area contributed by atoms with Crippen LogP contribution in [0.15, 0.2) is 24.3 Å². The van der Waals surface area contributed by atoms with Crippen LogP contribution in [0.5, 0.6) is 5.75 Å². The lowest BCUT2D eigenvalue weighted by Gasteiger charge is -2.39. The molecule has 20 heavy (non-hydrogen) atoms. The first-order valence-electron chi connectivity index (χ1n) is 7.08. The van der Waals surface area contributed by atoms with E-state index in [1.54, 1.807) is 31.4 Å². The molecule has 0 aromatic heterocycles. The van der Waals surface area contributed by atoms with Crippen LogP contribution in [0.25, 0.3) is 0 Å². The van der Waals surface area contributed by atoms with Gasteiger partial charge < -0.3 is 9.84 Å². The van der Waals surface area contributed by atoms with Crippen molar-refractivity contribution in [3.63, 3.8) is 0 Å². The van der Waals surface area contributed by atoms with Gasteiger partial charge in [0.1, 0.15) is 5.75 Å². The fourth-order valence-corrected chi connectivity index (χ4v) is 2.75. The SMILES string of the molecule is COc1ccc(C(=O)C(C)N2CCCC(C)(O)C2)cc1. The molecule has 2 atom stereocenters. The number of ether oxygens (including phenoxy) is 1. The number of carbonyl (C=O) groups is 1. The molecule has 1 aliphatic rings. The first-order chi connectivity index (χ1) is 9.43. The number of nitrogens with zero attached hydrogens (tertiary/aromatic N) is 1. The van der Waals surface area contributed by atoms with Crippen molar-refractivity contribution >= 4 is 5.78 Å². The number of piperidine rings is 1. The molecule has 1 N–H and O–H groups in total. The van der Waals surface area contributed by atoms with Crippen molar-refractivity contribution in [2.24, 2.45) is 0 Å². The van der Waals surface area contributed by atoms with E-state index in [1.807, 2.05) is 13.8 Å². The van der Waals surface area contributed by atoms with Crippen LogP contribution in [0.1, 0.15) is 37.0 Å². The van der Waals surface area contributed by atoms with Gasteiger partial charge in [-0.25, -0.2) is 0 Å². The number of Topliss-reactive ketones (excluding diaryl/α,β-unsaturated/α-hetero) is 1. The smallest absolute Gasteiger partial charge is 0.179 e. The van der Waals surface area contributed by atoms with E-state index in [4.69, 9.17) is 4.74 Å². The molecule has 1 fully saturated rings. The molecule has 110 valence electrons. The van der Waals surface area contributed by atoms with Crippen LogP contribution in [0.4, 0.5) is 0 Å². The van der Waals surface area contributed by atoms with Crippen LogP contribution in [-0.2, 0) is 0 Å². The summed E-state index contributed by atoms with van der Waals surface area (Å²) < 4.78 is 5.10. The van der Waals surface area contributed by atoms with E-state index in [-0.39, 0.29) is 11.8 Å². The normalized spacial score (nSPS) is 25.2. The quantitative estimate of drug-likeness (QED) is 0.856. The van der Waals surface area contributed by atoms with Crippen molar-refractivity contribution in [1.82, 2.24) is 4.90 Å². The number of ketones is 1. The molecule has 0 bridgehead atoms. The maximum Gasteiger partial charge on any atom is 0.179 e. The molecular weight excluding hydrogens is 254 g/mol. The van der Waals surface area contributed by atoms with Crippen molar-refractivity contribution in [2.75, 3.05) is 20.2 Å². The Hall–Kier alpha value is -1.39. The van der Waals surface area contributed by atoms with Gasteiger partial charge in [-0.1, -0.05) is 0 Å². The Morgan fingerprint density at radius 3 is 2.60 bits per heavy atom. The molecule has 4 nitrogen and oxygen atoms in total. The summed E-state index contributed by atoms with van der Waals surface area (Å²) in [5.41, 5.74) is -0.00399. The van der Waals surface area contributed by atoms with E-state index in [0.29, 0.717) is 12.1 Å². The highest BCUT2D eigenvalue weighted by atomic mass is 16.5. The minimum Gasteiger partial charge on any atom is -0.497 e. The summed E-state index contributed by atoms with van der Waals surface area (Å²) >= 11 is 0. The molecule has 0 spiro atoms. The Morgan fingerprint density at radius 1 is 1.40 bits per heavy atom. The van der Waals surface area contributed by atoms with Gasteiger partial charge in [-0.2, -0.15) is 0 Å². The minimum atomic E-state index is -0.688. The maximum atomic E-state index is 12.5. The third-order valence-corrected chi connectivity index (χ3v) is 4.01. The predicted octanol–water partition coefficient (Wildman–Crippen LogP) is 2.11. The van der Waals surface area contributed by atoms with Gasteiger partial charge in [-0.05, 0) is 57.5 Å². The molecular formula is C16H23NO3. The number of likely N-dealkylation sites (tertiary alicyclic amines) is 1. The highest BCUT2D eigenvalue weighted by molar-refractivity contribution is 5.99. The van der Waals surface area contributed by atoms with E-state index in [1.165, 1.54) is 0 Å². The summed E-state index contributed by atoms with van der Waals surface area (Å²) in [5, 5.41) is 10.1. The molecule has 0 saturated carbocycles. The van der Waals surface area contributed by atoms with E-state index < -0.39 is 5.60 Å². The van der Waals surface area contributed by atoms with Crippen LogP contribution >= 0.6 is 0 Å². The summed E-state index contributed by atoms with van der Waals surface area (Å²) in [4.78, 5) is 14.6. The van der Waals surface area contributed by atoms with Gasteiger partial charge in [0.25, 0.3) is 0 Å². The molecule has 2 rings (SSSR count). The van der Waals surface area contributed by atoms with E-state index in [9.17, 15) is 9.90 Å². The molecule has 1 aliphatic heterocycles. The van der Waals surface area contributed by atoms with Gasteiger partial charge in [0, 0.05) is 12.1 Å². The molecule has 4 heteroatoms. The van der Waals surface area contributed by atoms with Crippen LogP contribution in [0.2, 0.25) is 0 Å². The Bertz CT molecular complexity index is 467. The van der Waals surface area contributed by atoms with Gasteiger partial charge >= 0.3 is 0 Å². The van der Waals surface area contributed by atoms with Crippen molar-refractivity contribution in [3.05, 3.63) is 29.8 Å². The lowest BCUT2D eigenvalue weighted by Crippen LogP contribution is -2.51. The molecule has 0 radical (unpaired) electrons. The first kappa shape index (κ1) is 15.0. The number of rotatable bonds is 4. The summed E-state index contributed by atoms with van der Waals surface area (Å²) in [6, 6.07) is 6.97. The zero-order chi connectivity index (χ0) is 14.8. The summed E-state index contributed by atoms with van der Waals surface area (Å²) in [7, 11) is 1.61. The van der Waals surface area contributed by atoms with E-state index >= 15 is 0 Å². The molecule has 0 amide bonds. The number of carbonyl (C=O) groups excluding carboxylic acids is 1. The molecule has 2 unspecified atom stereocenters. The first-order valence-corrected chi connectivity index (χ1v) is 7.08. The number of aliphatic hydroxyl groups is 1. The number of benzene rings is 1. The fraction of sp³-hybridized carbons (Fsp3) is 0.562. The number of methoxy groups -OCH3 is 1. The highest BCUT2D eigenvalue weighted by Crippen LogP contribution is 2.23. The van der Waals surface area contributed by atoms with Crippen LogP contribution in [-0.4, -0.2) is 47.6 Å². The van der Waals surface area contributed by atoms with E-state index in [2.05, 4.69) is 4.90 Å². The summed E-state index contributed by atoms with van der Waals surface area (Å²) in [6.07, 6.45) is 1.72. The second-order valence-electron chi connectivity index (χ2n) is 5.84. The predicted molar refractivity (Wildman–Crippen MR) is 78.2 cm³/mol. The topological polar surface area (TPSA) is 49.8 Å². The number of hydrogen-bond acceptors (Lipinski definition) is 4. The number of β-amino-alcohol motifs (C(OH)–C–C–N with tert-alkyl or cyclic N) is 1. The molecule has 1 aromatic carbocycles. The third-order valence-electron chi connectivity index (χ3n) is 4.01. The highest BCUT2D eigenvalue weighted by Gasteiger charge is 2.33. The van der Waals surface area contributed by atoms with Gasteiger partial charge in [0.2, 0.25) is 0 Å². The fourth-order valence-electron chi connectivity index (χ4n) is 2.75. The lowest BCUT2D eigenvalue weighted by molar-refractivity contribution is -0.0242. The Kier molecular flexibility index (Phi) is 4.45. The largest absolute Gasteiger partial charge is 0.497 e. The summed E-state index contributed by atoms with van der Waals surface area (Å²) in [5.74, 6) is 0.834. The third kappa shape index (κ3) is 3.38. The lowest BCUT2D eigenvalue weighted by atomic mass is 9.92. The second-order valence-corrected chi connectivity index (χ2v) is 5.84. The molecule has 1 saturated heterocycles. The van der Waals surface area contributed by atoms with Crippen molar-refractivity contribution < 1.29 is 14.6 Å². The van der Waals surface area contributed by atoms with Crippen LogP contribution < -0.4 is 4.74 Å². The van der Waals surface area contributed by atoms with Gasteiger partial charge in [-0.15, -0.1) is 0 Å². The molecule has 0 aliphatic carbocycles. The monoisotopic (exact) mass is 277 g/mol. The standard InChI is InChI=1S/C16H23NO3/c1-12(17-10-4-9-16(2,19)11-17)15(18)13-5-7-14(20-3)8-6-13/h5-8,12,19H,4,9-11H2,1-3H3. The van der Waals surface area contributed by atoms with E-state index in [0.717, 1.165) is 25.1 Å². The Morgan fingerprint density at radius 2 is 2.05 bits per heavy atom. The van der Waals surface area contributed by atoms with Crippen molar-refractivity contribution in [3.8, 4) is 5.75 Å². The van der Waals surface area contributed by atoms with Gasteiger partial charge in [0.05, 0.1) is 18.8 Å². The average Bonchev–Trinajstić information content (AvgIpc) is 2.45. The Labute approximate surface area is 120 Å². The zero-order valence-electron chi connectivity index (χ0n) is 12.4. The van der Waals surface area contributed by atoms with Crippen molar-refractivity contribution in [1.29, 1.82) is 0 Å². The van der Waals surface area contributed by atoms with Gasteiger partial charge in [0.15, 0.2) is 5.78 Å². The zero-order valence-corrected chi connectivity index (χ0v) is 12.4. The van der Waals surface area contributed by atoms with Crippen molar-refractivity contribution in [2.45, 2.75) is 38.3 Å². The maximum absolute atomic E-state index is 12.5. The second kappa shape index (κ2) is 5.94. The molecule has 1 heterocycles. The van der Waals surface area contributed by atoms with Gasteiger partial charge in [-0.3, -0.25) is 9.69 Å². The number of hydrogen-bond donors (Lipinski definition) is 1.